The summed E-state index contributed by atoms with van der Waals surface area (Å²) in [4.78, 5) is 10.4. The Balaban J connectivity index is 3.71. The van der Waals surface area contributed by atoms with Gasteiger partial charge in [0, 0.05) is 12.7 Å². The Morgan fingerprint density at radius 3 is 2.30 bits per heavy atom. The van der Waals surface area contributed by atoms with Gasteiger partial charge in [-0.15, -0.1) is 0 Å². The molecular formula is C5H11NO3S. The molecule has 3 N–H and O–H groups in total. The zero-order valence-electron chi connectivity index (χ0n) is 5.61. The Labute approximate surface area is 64.7 Å². The first-order valence-electron chi connectivity index (χ1n) is 2.82. The monoisotopic (exact) mass is 165 g/mol. The van der Waals surface area contributed by atoms with E-state index in [9.17, 15) is 4.79 Å². The summed E-state index contributed by atoms with van der Waals surface area (Å²) >= 11 is 3.79. The van der Waals surface area contributed by atoms with Crippen LogP contribution in [0.1, 0.15) is 6.92 Å². The van der Waals surface area contributed by atoms with Gasteiger partial charge in [-0.3, -0.25) is 4.79 Å². The minimum absolute atomic E-state index is 0.206. The second-order valence-corrected chi connectivity index (χ2v) is 2.27. The third-order valence-corrected chi connectivity index (χ3v) is 1.34. The van der Waals surface area contributed by atoms with Gasteiger partial charge >= 0.3 is 0 Å². The van der Waals surface area contributed by atoms with Crippen molar-refractivity contribution >= 4 is 18.5 Å². The van der Waals surface area contributed by atoms with Crippen LogP contribution in [0.5, 0.6) is 0 Å². The minimum Gasteiger partial charge on any atom is -0.366 e. The fraction of sp³-hybridized carbons (Fsp3) is 0.800. The highest BCUT2D eigenvalue weighted by Gasteiger charge is 2.14. The maximum absolute atomic E-state index is 10.4. The van der Waals surface area contributed by atoms with Crippen molar-refractivity contribution < 1.29 is 15.0 Å². The molecule has 0 heterocycles. The molecule has 0 rings (SSSR count). The molecule has 0 saturated carbocycles. The van der Waals surface area contributed by atoms with Crippen molar-refractivity contribution in [2.75, 3.05) is 5.75 Å². The van der Waals surface area contributed by atoms with E-state index in [-0.39, 0.29) is 11.7 Å². The van der Waals surface area contributed by atoms with Crippen LogP contribution >= 0.6 is 12.6 Å². The van der Waals surface area contributed by atoms with Gasteiger partial charge in [-0.1, -0.05) is 0 Å². The molecule has 10 heavy (non-hydrogen) atoms. The quantitative estimate of drug-likeness (QED) is 0.311. The van der Waals surface area contributed by atoms with Gasteiger partial charge in [-0.05, 0) is 0 Å². The molecule has 0 aromatic rings. The third-order valence-electron chi connectivity index (χ3n) is 0.945. The minimum atomic E-state index is -1.54. The van der Waals surface area contributed by atoms with Gasteiger partial charge in [-0.2, -0.15) is 12.6 Å². The highest BCUT2D eigenvalue weighted by atomic mass is 32.1. The fourth-order valence-electron chi connectivity index (χ4n) is 0.476. The van der Waals surface area contributed by atoms with Crippen LogP contribution in [0.15, 0.2) is 0 Å². The van der Waals surface area contributed by atoms with Crippen LogP contribution in [0.25, 0.3) is 0 Å². The fourth-order valence-corrected chi connectivity index (χ4v) is 0.755. The number of nitrogens with one attached hydrogen (secondary N) is 1. The van der Waals surface area contributed by atoms with E-state index in [2.05, 4.69) is 17.9 Å². The van der Waals surface area contributed by atoms with E-state index >= 15 is 0 Å². The zero-order valence-corrected chi connectivity index (χ0v) is 6.51. The highest BCUT2D eigenvalue weighted by Crippen LogP contribution is 1.91. The predicted molar refractivity (Wildman–Crippen MR) is 39.7 cm³/mol. The molecule has 0 spiro atoms. The molecule has 4 nitrogen and oxygen atoms in total. The normalized spacial score (nSPS) is 13.3. The van der Waals surface area contributed by atoms with Crippen molar-refractivity contribution in [3.63, 3.8) is 0 Å². The molecule has 0 aliphatic rings. The Hall–Kier alpha value is -0.260. The number of hydrogen-bond acceptors (Lipinski definition) is 4. The van der Waals surface area contributed by atoms with Crippen LogP contribution in [-0.2, 0) is 4.79 Å². The molecule has 0 saturated heterocycles. The summed E-state index contributed by atoms with van der Waals surface area (Å²) in [5.74, 6) is -0.0933. The van der Waals surface area contributed by atoms with Crippen molar-refractivity contribution in [3.8, 4) is 0 Å². The average molecular weight is 165 g/mol. The maximum atomic E-state index is 10.4. The van der Waals surface area contributed by atoms with Gasteiger partial charge in [0.15, 0.2) is 6.29 Å². The lowest BCUT2D eigenvalue weighted by Crippen LogP contribution is -2.43. The number of rotatable bonds is 3. The van der Waals surface area contributed by atoms with E-state index < -0.39 is 12.3 Å². The summed E-state index contributed by atoms with van der Waals surface area (Å²) in [5, 5.41) is 19.4. The third kappa shape index (κ3) is 3.71. The van der Waals surface area contributed by atoms with Gasteiger partial charge in [0.2, 0.25) is 5.91 Å². The maximum Gasteiger partial charge on any atom is 0.217 e. The number of amides is 1. The average Bonchev–Trinajstić information content (AvgIpc) is 1.81. The van der Waals surface area contributed by atoms with Crippen LogP contribution in [0.3, 0.4) is 0 Å². The molecule has 1 atom stereocenters. The van der Waals surface area contributed by atoms with Gasteiger partial charge in [-0.25, -0.2) is 0 Å². The molecule has 0 aromatic heterocycles. The van der Waals surface area contributed by atoms with Crippen molar-refractivity contribution in [1.82, 2.24) is 5.32 Å². The summed E-state index contributed by atoms with van der Waals surface area (Å²) in [6.07, 6.45) is -1.54. The number of carbonyl (C=O) groups excluding carboxylic acids is 1. The summed E-state index contributed by atoms with van der Waals surface area (Å²) < 4.78 is 0. The van der Waals surface area contributed by atoms with E-state index in [1.807, 2.05) is 0 Å². The molecule has 0 radical (unpaired) electrons. The van der Waals surface area contributed by atoms with Crippen molar-refractivity contribution in [1.29, 1.82) is 0 Å². The number of carbonyl (C=O) groups is 1. The van der Waals surface area contributed by atoms with Crippen molar-refractivity contribution in [2.45, 2.75) is 19.3 Å². The van der Waals surface area contributed by atoms with E-state index in [1.54, 1.807) is 0 Å². The Morgan fingerprint density at radius 2 is 2.20 bits per heavy atom. The predicted octanol–water partition coefficient (Wildman–Crippen LogP) is -1.27. The van der Waals surface area contributed by atoms with Crippen molar-refractivity contribution in [2.24, 2.45) is 0 Å². The SMILES string of the molecule is CC(=O)N[C@@H](CS)C(O)O. The molecule has 0 fully saturated rings. The van der Waals surface area contributed by atoms with Gasteiger partial charge in [0.05, 0.1) is 6.04 Å². The lowest BCUT2D eigenvalue weighted by atomic mass is 10.3. The first-order valence-corrected chi connectivity index (χ1v) is 3.45. The zero-order chi connectivity index (χ0) is 8.15. The van der Waals surface area contributed by atoms with E-state index in [1.165, 1.54) is 6.92 Å². The number of thiol groups is 1. The van der Waals surface area contributed by atoms with Gasteiger partial charge in [0.25, 0.3) is 0 Å². The first kappa shape index (κ1) is 9.74. The summed E-state index contributed by atoms with van der Waals surface area (Å²) in [5.41, 5.74) is 0. The first-order chi connectivity index (χ1) is 4.57. The number of aliphatic hydroxyl groups excluding tert-OH is 1. The largest absolute Gasteiger partial charge is 0.366 e. The topological polar surface area (TPSA) is 69.6 Å². The van der Waals surface area contributed by atoms with E-state index in [0.717, 1.165) is 0 Å². The molecule has 60 valence electrons. The number of hydrogen-bond donors (Lipinski definition) is 4. The van der Waals surface area contributed by atoms with Crippen LogP contribution in [0.2, 0.25) is 0 Å². The number of aliphatic hydroxyl groups is 2. The second-order valence-electron chi connectivity index (χ2n) is 1.90. The Morgan fingerprint density at radius 1 is 1.70 bits per heavy atom. The molecule has 1 amide bonds. The second kappa shape index (κ2) is 4.54. The Bertz CT molecular complexity index is 117. The summed E-state index contributed by atoms with van der Waals surface area (Å²) in [6.45, 7) is 1.30. The molecule has 0 unspecified atom stereocenters. The molecule has 0 aliphatic carbocycles. The molecule has 0 aromatic carbocycles. The lowest BCUT2D eigenvalue weighted by Gasteiger charge is -2.16. The molecular weight excluding hydrogens is 154 g/mol. The van der Waals surface area contributed by atoms with Crippen LogP contribution < -0.4 is 5.32 Å². The van der Waals surface area contributed by atoms with Gasteiger partial charge in [0.1, 0.15) is 0 Å². The molecule has 0 bridgehead atoms. The molecule has 0 aliphatic heterocycles. The van der Waals surface area contributed by atoms with Crippen LogP contribution in [-0.4, -0.2) is 34.2 Å². The van der Waals surface area contributed by atoms with Crippen LogP contribution in [0.4, 0.5) is 0 Å². The smallest absolute Gasteiger partial charge is 0.217 e. The van der Waals surface area contributed by atoms with Crippen molar-refractivity contribution in [3.05, 3.63) is 0 Å². The summed E-state index contributed by atoms with van der Waals surface area (Å²) in [7, 11) is 0. The Kier molecular flexibility index (Phi) is 4.42. The molecule has 5 heteroatoms. The summed E-state index contributed by atoms with van der Waals surface area (Å²) in [6, 6.07) is -0.680. The standard InChI is InChI=1S/C5H11NO3S/c1-3(7)6-4(2-10)5(8)9/h4-5,8-10H,2H2,1H3,(H,6,7)/t4-/m0/s1. The lowest BCUT2D eigenvalue weighted by molar-refractivity contribution is -0.124. The van der Waals surface area contributed by atoms with Crippen LogP contribution in [0, 0.1) is 0 Å². The van der Waals surface area contributed by atoms with E-state index in [4.69, 9.17) is 10.2 Å². The van der Waals surface area contributed by atoms with E-state index in [0.29, 0.717) is 0 Å². The van der Waals surface area contributed by atoms with Gasteiger partial charge < -0.3 is 15.5 Å². The highest BCUT2D eigenvalue weighted by molar-refractivity contribution is 7.80.